The molecule has 0 fully saturated rings. The van der Waals surface area contributed by atoms with E-state index in [0.29, 0.717) is 0 Å². The number of methoxy groups -OCH3 is 1. The van der Waals surface area contributed by atoms with Gasteiger partial charge in [0.25, 0.3) is 0 Å². The fourth-order valence-corrected chi connectivity index (χ4v) is 3.70. The first-order valence-electron chi connectivity index (χ1n) is 5.14. The number of halogens is 1. The highest BCUT2D eigenvalue weighted by molar-refractivity contribution is 9.10. The lowest BCUT2D eigenvalue weighted by atomic mass is 9.93. The number of hydrogen-bond donors (Lipinski definition) is 1. The Bertz CT molecular complexity index is 418. The van der Waals surface area contributed by atoms with Crippen molar-refractivity contribution in [3.63, 3.8) is 0 Å². The summed E-state index contributed by atoms with van der Waals surface area (Å²) in [5, 5.41) is 10.4. The summed E-state index contributed by atoms with van der Waals surface area (Å²) in [4.78, 5) is 0. The predicted octanol–water partition coefficient (Wildman–Crippen LogP) is 3.52. The molecule has 0 spiro atoms. The number of aliphatic hydroxyl groups excluding tert-OH is 1. The maximum absolute atomic E-state index is 10.4. The predicted molar refractivity (Wildman–Crippen MR) is 71.0 cm³/mol. The van der Waals surface area contributed by atoms with Gasteiger partial charge in [-0.3, -0.25) is 0 Å². The van der Waals surface area contributed by atoms with Crippen molar-refractivity contribution in [2.75, 3.05) is 7.11 Å². The highest BCUT2D eigenvalue weighted by Crippen LogP contribution is 2.50. The molecular weight excluding hydrogens is 288 g/mol. The zero-order valence-corrected chi connectivity index (χ0v) is 12.0. The smallest absolute Gasteiger partial charge is 0.125 e. The molecule has 0 radical (unpaired) electrons. The monoisotopic (exact) mass is 302 g/mol. The standard InChI is InChI=1S/C12H15BrO2S/c1-12(2)11(14)10-7(6-16-12)8(13)4-5-9(10)15-3/h4-5,11,14H,6H2,1-3H3. The molecule has 1 heterocycles. The summed E-state index contributed by atoms with van der Waals surface area (Å²) in [6.07, 6.45) is -0.492. The molecule has 0 saturated heterocycles. The Hall–Kier alpha value is -0.190. The van der Waals surface area contributed by atoms with Gasteiger partial charge in [-0.05, 0) is 31.5 Å². The lowest BCUT2D eigenvalue weighted by molar-refractivity contribution is 0.137. The van der Waals surface area contributed by atoms with E-state index in [4.69, 9.17) is 4.74 Å². The van der Waals surface area contributed by atoms with Crippen LogP contribution in [0.25, 0.3) is 0 Å². The molecule has 1 aromatic carbocycles. The van der Waals surface area contributed by atoms with Crippen LogP contribution in [0, 0.1) is 0 Å². The number of ether oxygens (including phenoxy) is 1. The summed E-state index contributed by atoms with van der Waals surface area (Å²) >= 11 is 5.30. The molecule has 1 N–H and O–H groups in total. The highest BCUT2D eigenvalue weighted by atomic mass is 79.9. The summed E-state index contributed by atoms with van der Waals surface area (Å²) in [6.45, 7) is 4.12. The molecule has 1 unspecified atom stereocenters. The van der Waals surface area contributed by atoms with Crippen molar-refractivity contribution in [1.29, 1.82) is 0 Å². The minimum Gasteiger partial charge on any atom is -0.496 e. The van der Waals surface area contributed by atoms with Gasteiger partial charge in [0, 0.05) is 20.5 Å². The maximum Gasteiger partial charge on any atom is 0.125 e. The lowest BCUT2D eigenvalue weighted by Crippen LogP contribution is -2.30. The minimum atomic E-state index is -0.492. The van der Waals surface area contributed by atoms with Crippen LogP contribution in [0.5, 0.6) is 5.75 Å². The Labute approximate surface area is 109 Å². The molecule has 2 rings (SSSR count). The Kier molecular flexibility index (Phi) is 3.25. The topological polar surface area (TPSA) is 29.5 Å². The number of rotatable bonds is 1. The van der Waals surface area contributed by atoms with Gasteiger partial charge in [0.05, 0.1) is 13.2 Å². The third-order valence-electron chi connectivity index (χ3n) is 3.00. The van der Waals surface area contributed by atoms with Gasteiger partial charge in [-0.1, -0.05) is 15.9 Å². The van der Waals surface area contributed by atoms with Crippen molar-refractivity contribution in [2.45, 2.75) is 30.5 Å². The van der Waals surface area contributed by atoms with Crippen molar-refractivity contribution in [2.24, 2.45) is 0 Å². The quantitative estimate of drug-likeness (QED) is 0.861. The van der Waals surface area contributed by atoms with E-state index in [1.807, 2.05) is 12.1 Å². The van der Waals surface area contributed by atoms with Crippen LogP contribution in [0.15, 0.2) is 16.6 Å². The fraction of sp³-hybridized carbons (Fsp3) is 0.500. The zero-order chi connectivity index (χ0) is 11.9. The number of thioether (sulfide) groups is 1. The van der Waals surface area contributed by atoms with Gasteiger partial charge in [-0.15, -0.1) is 11.8 Å². The average Bonchev–Trinajstić information content (AvgIpc) is 2.24. The molecule has 1 aromatic rings. The van der Waals surface area contributed by atoms with Gasteiger partial charge in [0.1, 0.15) is 5.75 Å². The van der Waals surface area contributed by atoms with E-state index in [1.54, 1.807) is 18.9 Å². The van der Waals surface area contributed by atoms with Gasteiger partial charge in [0.2, 0.25) is 0 Å². The second-order valence-corrected chi connectivity index (χ2v) is 6.92. The van der Waals surface area contributed by atoms with E-state index in [1.165, 1.54) is 0 Å². The van der Waals surface area contributed by atoms with Crippen LogP contribution in [0.1, 0.15) is 31.1 Å². The summed E-state index contributed by atoms with van der Waals surface area (Å²) in [5.74, 6) is 1.68. The molecule has 0 aliphatic carbocycles. The Morgan fingerprint density at radius 2 is 2.19 bits per heavy atom. The van der Waals surface area contributed by atoms with Crippen LogP contribution in [-0.4, -0.2) is 17.0 Å². The maximum atomic E-state index is 10.4. The number of fused-ring (bicyclic) bond motifs is 1. The van der Waals surface area contributed by atoms with E-state index in [2.05, 4.69) is 29.8 Å². The largest absolute Gasteiger partial charge is 0.496 e. The van der Waals surface area contributed by atoms with Crippen LogP contribution < -0.4 is 4.74 Å². The summed E-state index contributed by atoms with van der Waals surface area (Å²) in [7, 11) is 1.64. The number of benzene rings is 1. The Morgan fingerprint density at radius 3 is 2.81 bits per heavy atom. The van der Waals surface area contributed by atoms with Gasteiger partial charge in [-0.2, -0.15) is 0 Å². The van der Waals surface area contributed by atoms with Crippen LogP contribution in [0.4, 0.5) is 0 Å². The zero-order valence-electron chi connectivity index (χ0n) is 9.58. The molecule has 4 heteroatoms. The second-order valence-electron chi connectivity index (χ2n) is 4.44. The van der Waals surface area contributed by atoms with Gasteiger partial charge in [-0.25, -0.2) is 0 Å². The van der Waals surface area contributed by atoms with Gasteiger partial charge in [0.15, 0.2) is 0 Å². The van der Waals surface area contributed by atoms with Crippen molar-refractivity contribution < 1.29 is 9.84 Å². The van der Waals surface area contributed by atoms with Crippen molar-refractivity contribution in [3.05, 3.63) is 27.7 Å². The molecule has 0 saturated carbocycles. The molecule has 2 nitrogen and oxygen atoms in total. The second kappa shape index (κ2) is 4.24. The van der Waals surface area contributed by atoms with E-state index in [0.717, 1.165) is 27.1 Å². The molecule has 0 bridgehead atoms. The van der Waals surface area contributed by atoms with E-state index in [-0.39, 0.29) is 4.75 Å². The molecule has 88 valence electrons. The van der Waals surface area contributed by atoms with Crippen LogP contribution in [0.3, 0.4) is 0 Å². The van der Waals surface area contributed by atoms with E-state index < -0.39 is 6.10 Å². The highest BCUT2D eigenvalue weighted by Gasteiger charge is 2.38. The van der Waals surface area contributed by atoms with Crippen LogP contribution in [0.2, 0.25) is 0 Å². The Morgan fingerprint density at radius 1 is 1.50 bits per heavy atom. The third-order valence-corrected chi connectivity index (χ3v) is 5.14. The van der Waals surface area contributed by atoms with Crippen LogP contribution in [-0.2, 0) is 5.75 Å². The molecular formula is C12H15BrO2S. The molecule has 16 heavy (non-hydrogen) atoms. The Balaban J connectivity index is 2.60. The van der Waals surface area contributed by atoms with Crippen molar-refractivity contribution >= 4 is 27.7 Å². The summed E-state index contributed by atoms with van der Waals surface area (Å²) in [5.41, 5.74) is 2.08. The first kappa shape index (κ1) is 12.3. The summed E-state index contributed by atoms with van der Waals surface area (Å²) < 4.78 is 6.22. The molecule has 0 amide bonds. The molecule has 1 aliphatic rings. The lowest BCUT2D eigenvalue weighted by Gasteiger charge is -2.37. The molecule has 1 atom stereocenters. The minimum absolute atomic E-state index is 0.166. The normalized spacial score (nSPS) is 22.7. The number of hydrogen-bond acceptors (Lipinski definition) is 3. The van der Waals surface area contributed by atoms with E-state index in [9.17, 15) is 5.11 Å². The first-order chi connectivity index (χ1) is 7.47. The van der Waals surface area contributed by atoms with Gasteiger partial charge < -0.3 is 9.84 Å². The SMILES string of the molecule is COc1ccc(Br)c2c1C(O)C(C)(C)SC2. The van der Waals surface area contributed by atoms with Crippen molar-refractivity contribution in [1.82, 2.24) is 0 Å². The van der Waals surface area contributed by atoms with Crippen molar-refractivity contribution in [3.8, 4) is 5.75 Å². The number of aliphatic hydroxyl groups is 1. The first-order valence-corrected chi connectivity index (χ1v) is 6.92. The fourth-order valence-electron chi connectivity index (χ4n) is 1.93. The third kappa shape index (κ3) is 1.87. The molecule has 1 aliphatic heterocycles. The van der Waals surface area contributed by atoms with Crippen LogP contribution >= 0.6 is 27.7 Å². The van der Waals surface area contributed by atoms with E-state index >= 15 is 0 Å². The summed E-state index contributed by atoms with van der Waals surface area (Å²) in [6, 6.07) is 3.88. The average molecular weight is 303 g/mol. The molecule has 0 aromatic heterocycles. The van der Waals surface area contributed by atoms with Gasteiger partial charge >= 0.3 is 0 Å².